The van der Waals surface area contributed by atoms with Crippen molar-refractivity contribution in [2.24, 2.45) is 7.05 Å². The van der Waals surface area contributed by atoms with Crippen LogP contribution >= 0.6 is 0 Å². The van der Waals surface area contributed by atoms with E-state index in [9.17, 15) is 8.78 Å². The minimum Gasteiger partial charge on any atom is -0.470 e. The van der Waals surface area contributed by atoms with Gasteiger partial charge in [0, 0.05) is 18.3 Å². The molecule has 9 heteroatoms. The van der Waals surface area contributed by atoms with Gasteiger partial charge in [-0.05, 0) is 31.2 Å². The van der Waals surface area contributed by atoms with Gasteiger partial charge in [-0.2, -0.15) is 10.2 Å². The van der Waals surface area contributed by atoms with Crippen molar-refractivity contribution in [1.82, 2.24) is 29.6 Å². The third-order valence-electron chi connectivity index (χ3n) is 5.20. The molecule has 5 rings (SSSR count). The van der Waals surface area contributed by atoms with Gasteiger partial charge in [0.05, 0.1) is 17.3 Å². The van der Waals surface area contributed by atoms with Gasteiger partial charge >= 0.3 is 0 Å². The number of halogens is 2. The molecular weight excluding hydrogens is 414 g/mol. The van der Waals surface area contributed by atoms with Gasteiger partial charge < -0.3 is 4.74 Å². The molecule has 0 bridgehead atoms. The first-order chi connectivity index (χ1) is 15.5. The Morgan fingerprint density at radius 3 is 2.28 bits per heavy atom. The number of rotatable bonds is 5. The highest BCUT2D eigenvalue weighted by Gasteiger charge is 2.23. The molecule has 160 valence electrons. The van der Waals surface area contributed by atoms with Crippen LogP contribution in [0.25, 0.3) is 28.0 Å². The van der Waals surface area contributed by atoms with E-state index in [1.54, 1.807) is 41.1 Å². The van der Waals surface area contributed by atoms with Gasteiger partial charge in [0.15, 0.2) is 5.82 Å². The second kappa shape index (κ2) is 7.84. The second-order valence-corrected chi connectivity index (χ2v) is 7.29. The summed E-state index contributed by atoms with van der Waals surface area (Å²) in [5, 5.41) is 17.0. The predicted molar refractivity (Wildman–Crippen MR) is 114 cm³/mol. The lowest BCUT2D eigenvalue weighted by molar-refractivity contribution is 0.287. The van der Waals surface area contributed by atoms with E-state index < -0.39 is 11.6 Å². The van der Waals surface area contributed by atoms with Crippen LogP contribution in [0.1, 0.15) is 11.4 Å². The van der Waals surface area contributed by atoms with Crippen LogP contribution in [0.4, 0.5) is 8.78 Å². The van der Waals surface area contributed by atoms with Crippen LogP contribution in [-0.4, -0.2) is 29.6 Å². The third kappa shape index (κ3) is 3.37. The van der Waals surface area contributed by atoms with Crippen molar-refractivity contribution in [2.45, 2.75) is 13.5 Å². The lowest BCUT2D eigenvalue weighted by Gasteiger charge is -2.06. The lowest BCUT2D eigenvalue weighted by Crippen LogP contribution is -2.02. The Balaban J connectivity index is 1.69. The molecule has 0 aliphatic heterocycles. The number of nitrogens with zero attached hydrogens (tertiary/aromatic N) is 6. The zero-order valence-corrected chi connectivity index (χ0v) is 17.3. The summed E-state index contributed by atoms with van der Waals surface area (Å²) >= 11 is 0. The van der Waals surface area contributed by atoms with Gasteiger partial charge in [-0.3, -0.25) is 4.68 Å². The summed E-state index contributed by atoms with van der Waals surface area (Å²) in [5.74, 6) is -0.554. The summed E-state index contributed by atoms with van der Waals surface area (Å²) in [6, 6.07) is 14.4. The molecule has 0 saturated heterocycles. The topological polar surface area (TPSA) is 70.1 Å². The molecule has 3 aromatic heterocycles. The number of hydrogen-bond acceptors (Lipinski definition) is 5. The van der Waals surface area contributed by atoms with Gasteiger partial charge in [0.25, 0.3) is 0 Å². The summed E-state index contributed by atoms with van der Waals surface area (Å²) < 4.78 is 38.4. The Morgan fingerprint density at radius 2 is 1.62 bits per heavy atom. The first-order valence-corrected chi connectivity index (χ1v) is 9.89. The fourth-order valence-electron chi connectivity index (χ4n) is 3.55. The van der Waals surface area contributed by atoms with Crippen molar-refractivity contribution in [1.29, 1.82) is 0 Å². The smallest absolute Gasteiger partial charge is 0.242 e. The highest BCUT2D eigenvalue weighted by molar-refractivity contribution is 5.85. The van der Waals surface area contributed by atoms with Gasteiger partial charge in [-0.1, -0.05) is 30.3 Å². The van der Waals surface area contributed by atoms with Crippen LogP contribution in [-0.2, 0) is 13.7 Å². The van der Waals surface area contributed by atoms with Gasteiger partial charge in [-0.25, -0.2) is 13.3 Å². The van der Waals surface area contributed by atoms with Crippen molar-refractivity contribution < 1.29 is 13.5 Å². The van der Waals surface area contributed by atoms with Crippen molar-refractivity contribution in [3.63, 3.8) is 0 Å². The summed E-state index contributed by atoms with van der Waals surface area (Å²) in [5.41, 5.74) is 3.04. The Kier molecular flexibility index (Phi) is 4.85. The summed E-state index contributed by atoms with van der Waals surface area (Å²) in [4.78, 5) is 0. The minimum atomic E-state index is -0.469. The molecule has 0 N–H and O–H groups in total. The first-order valence-electron chi connectivity index (χ1n) is 9.89. The van der Waals surface area contributed by atoms with Crippen molar-refractivity contribution in [3.05, 3.63) is 83.8 Å². The van der Waals surface area contributed by atoms with E-state index in [4.69, 9.17) is 4.74 Å². The SMILES string of the molecule is Cc1cc(COc2nn3c(-c4ccccc4F)nncc3c2-c2ccccc2F)nn1C. The number of benzene rings is 2. The van der Waals surface area contributed by atoms with Gasteiger partial charge in [0.2, 0.25) is 5.88 Å². The van der Waals surface area contributed by atoms with E-state index in [1.165, 1.54) is 22.8 Å². The highest BCUT2D eigenvalue weighted by Crippen LogP contribution is 2.37. The van der Waals surface area contributed by atoms with E-state index in [0.29, 0.717) is 22.3 Å². The standard InChI is InChI=1S/C23H18F2N6O/c1-14-11-15(28-30(14)2)13-32-23-21(16-7-3-5-9-18(16)24)20-12-26-27-22(31(20)29-23)17-8-4-6-10-19(17)25/h3-12H,13H2,1-2H3. The maximum atomic E-state index is 14.8. The minimum absolute atomic E-state index is 0.128. The third-order valence-corrected chi connectivity index (χ3v) is 5.20. The predicted octanol–water partition coefficient (Wildman–Crippen LogP) is 4.36. The Labute approximate surface area is 181 Å². The monoisotopic (exact) mass is 432 g/mol. The van der Waals surface area contributed by atoms with Crippen LogP contribution in [0.2, 0.25) is 0 Å². The molecule has 0 atom stereocenters. The molecule has 5 aromatic rings. The molecule has 0 aliphatic rings. The largest absolute Gasteiger partial charge is 0.470 e. The molecule has 0 saturated carbocycles. The summed E-state index contributed by atoms with van der Waals surface area (Å²) in [6.45, 7) is 2.06. The fourth-order valence-corrected chi connectivity index (χ4v) is 3.55. The van der Waals surface area contributed by atoms with Gasteiger partial charge in [0.1, 0.15) is 29.5 Å². The van der Waals surface area contributed by atoms with E-state index in [0.717, 1.165) is 5.69 Å². The van der Waals surface area contributed by atoms with Crippen molar-refractivity contribution >= 4 is 5.52 Å². The van der Waals surface area contributed by atoms with Gasteiger partial charge in [-0.15, -0.1) is 10.2 Å². The van der Waals surface area contributed by atoms with E-state index >= 15 is 0 Å². The number of aryl methyl sites for hydroxylation is 2. The van der Waals surface area contributed by atoms with Crippen molar-refractivity contribution in [3.8, 4) is 28.4 Å². The molecule has 7 nitrogen and oxygen atoms in total. The summed E-state index contributed by atoms with van der Waals surface area (Å²) in [6.07, 6.45) is 1.46. The number of aromatic nitrogens is 6. The highest BCUT2D eigenvalue weighted by atomic mass is 19.1. The molecule has 0 radical (unpaired) electrons. The van der Waals surface area contributed by atoms with E-state index in [1.807, 2.05) is 20.0 Å². The normalized spacial score (nSPS) is 11.2. The number of fused-ring (bicyclic) bond motifs is 1. The molecule has 3 heterocycles. The molecular formula is C23H18F2N6O. The zero-order valence-electron chi connectivity index (χ0n) is 17.3. The molecule has 0 spiro atoms. The number of hydrogen-bond donors (Lipinski definition) is 0. The molecule has 0 unspecified atom stereocenters. The van der Waals surface area contributed by atoms with Crippen molar-refractivity contribution in [2.75, 3.05) is 0 Å². The maximum absolute atomic E-state index is 14.8. The Hall–Kier alpha value is -4.14. The molecule has 32 heavy (non-hydrogen) atoms. The van der Waals surface area contributed by atoms with Crippen LogP contribution in [0.15, 0.2) is 60.8 Å². The molecule has 0 aliphatic carbocycles. The fraction of sp³-hybridized carbons (Fsp3) is 0.130. The van der Waals surface area contributed by atoms with Crippen LogP contribution in [0.5, 0.6) is 5.88 Å². The molecule has 2 aromatic carbocycles. The van der Waals surface area contributed by atoms with Crippen LogP contribution in [0.3, 0.4) is 0 Å². The first kappa shape index (κ1) is 19.8. The Morgan fingerprint density at radius 1 is 0.938 bits per heavy atom. The Bertz CT molecular complexity index is 1420. The molecule has 0 amide bonds. The average molecular weight is 432 g/mol. The second-order valence-electron chi connectivity index (χ2n) is 7.29. The summed E-state index contributed by atoms with van der Waals surface area (Å²) in [7, 11) is 1.84. The van der Waals surface area contributed by atoms with E-state index in [-0.39, 0.29) is 23.9 Å². The van der Waals surface area contributed by atoms with E-state index in [2.05, 4.69) is 20.4 Å². The average Bonchev–Trinajstić information content (AvgIpc) is 3.32. The number of ether oxygens (including phenoxy) is 1. The quantitative estimate of drug-likeness (QED) is 0.413. The van der Waals surface area contributed by atoms with Crippen LogP contribution < -0.4 is 4.74 Å². The zero-order chi connectivity index (χ0) is 22.2. The van der Waals surface area contributed by atoms with Crippen LogP contribution in [0, 0.1) is 18.6 Å². The maximum Gasteiger partial charge on any atom is 0.242 e. The molecule has 0 fully saturated rings. The lowest BCUT2D eigenvalue weighted by atomic mass is 10.1.